The summed E-state index contributed by atoms with van der Waals surface area (Å²) in [4.78, 5) is 51.4. The number of carbonyl (C=O) groups excluding carboxylic acids is 1. The van der Waals surface area contributed by atoms with Gasteiger partial charge in [0.05, 0.1) is 20.3 Å². The van der Waals surface area contributed by atoms with Gasteiger partial charge in [-0.25, -0.2) is 19.2 Å². The Bertz CT molecular complexity index is 925. The fourth-order valence-electron chi connectivity index (χ4n) is 4.45. The molecule has 0 bridgehead atoms. The van der Waals surface area contributed by atoms with Crippen LogP contribution < -0.4 is 15.4 Å². The molecule has 1 aliphatic heterocycles. The van der Waals surface area contributed by atoms with Crippen molar-refractivity contribution in [1.82, 2.24) is 10.2 Å². The van der Waals surface area contributed by atoms with E-state index in [0.29, 0.717) is 6.42 Å². The normalized spacial score (nSPS) is 16.9. The molecule has 1 amide bonds. The third-order valence-corrected chi connectivity index (χ3v) is 6.48. The first-order valence-corrected chi connectivity index (χ1v) is 12.8. The van der Waals surface area contributed by atoms with Gasteiger partial charge in [-0.05, 0) is 44.0 Å². The number of hydrogen-bond donors (Lipinski definition) is 6. The van der Waals surface area contributed by atoms with E-state index >= 15 is 0 Å². The molecule has 2 aliphatic rings. The minimum Gasteiger partial charge on any atom is -0.497 e. The minimum atomic E-state index is -1.82. The van der Waals surface area contributed by atoms with Crippen LogP contribution in [-0.2, 0) is 28.7 Å². The van der Waals surface area contributed by atoms with E-state index in [4.69, 9.17) is 49.1 Å². The van der Waals surface area contributed by atoms with Gasteiger partial charge in [-0.2, -0.15) is 0 Å². The van der Waals surface area contributed by atoms with Gasteiger partial charge in [-0.3, -0.25) is 9.69 Å². The number of morpholine rings is 1. The molecule has 1 saturated heterocycles. The highest BCUT2D eigenvalue weighted by Gasteiger charge is 2.38. The number of methoxy groups -OCH3 is 1. The summed E-state index contributed by atoms with van der Waals surface area (Å²) in [5, 5.41) is 36.2. The van der Waals surface area contributed by atoms with E-state index in [2.05, 4.69) is 22.5 Å². The topological polar surface area (TPSA) is 212 Å². The summed E-state index contributed by atoms with van der Waals surface area (Å²) >= 11 is 0. The minimum absolute atomic E-state index is 0.0363. The van der Waals surface area contributed by atoms with Crippen molar-refractivity contribution in [2.45, 2.75) is 57.0 Å². The number of nitrogens with zero attached hydrogens (tertiary/aromatic N) is 1. The van der Waals surface area contributed by atoms with Gasteiger partial charge in [-0.1, -0.05) is 19.3 Å². The summed E-state index contributed by atoms with van der Waals surface area (Å²) in [5.41, 5.74) is 1.03. The van der Waals surface area contributed by atoms with Crippen molar-refractivity contribution >= 4 is 35.5 Å². The van der Waals surface area contributed by atoms with E-state index in [9.17, 15) is 4.79 Å². The summed E-state index contributed by atoms with van der Waals surface area (Å²) in [6, 6.07) is 7.58. The molecule has 1 aromatic rings. The molecule has 0 aromatic heterocycles. The van der Waals surface area contributed by atoms with Gasteiger partial charge in [0.25, 0.3) is 0 Å². The number of carboxylic acids is 4. The van der Waals surface area contributed by atoms with Crippen molar-refractivity contribution in [1.29, 1.82) is 0 Å². The van der Waals surface area contributed by atoms with Crippen LogP contribution in [0.3, 0.4) is 0 Å². The van der Waals surface area contributed by atoms with Crippen molar-refractivity contribution < 1.29 is 53.9 Å². The average molecular weight is 570 g/mol. The number of carbonyl (C=O) groups is 5. The zero-order valence-electron chi connectivity index (χ0n) is 22.8. The molecule has 1 aliphatic carbocycles. The first kappa shape index (κ1) is 34.3. The molecule has 1 heterocycles. The molecule has 1 saturated carbocycles. The van der Waals surface area contributed by atoms with Crippen molar-refractivity contribution in [2.75, 3.05) is 45.3 Å². The lowest BCUT2D eigenvalue weighted by molar-refractivity contribution is -0.159. The van der Waals surface area contributed by atoms with Crippen LogP contribution in [0, 0.1) is 0 Å². The van der Waals surface area contributed by atoms with Crippen LogP contribution in [0.2, 0.25) is 0 Å². The maximum atomic E-state index is 12.4. The Kier molecular flexibility index (Phi) is 15.2. The van der Waals surface area contributed by atoms with Gasteiger partial charge in [0.15, 0.2) is 0 Å². The second-order valence-corrected chi connectivity index (χ2v) is 9.37. The van der Waals surface area contributed by atoms with Crippen LogP contribution in [0.15, 0.2) is 24.3 Å². The Balaban J connectivity index is 0.000000559. The number of ether oxygens (including phenoxy) is 2. The van der Waals surface area contributed by atoms with Crippen LogP contribution in [0.25, 0.3) is 0 Å². The molecule has 14 heteroatoms. The number of benzene rings is 1. The lowest BCUT2D eigenvalue weighted by Gasteiger charge is -2.48. The first-order chi connectivity index (χ1) is 18.9. The fraction of sp³-hybridized carbons (Fsp3) is 0.577. The molecule has 3 rings (SSSR count). The maximum Gasteiger partial charge on any atom is 0.414 e. The third-order valence-electron chi connectivity index (χ3n) is 6.48. The van der Waals surface area contributed by atoms with E-state index < -0.39 is 23.9 Å². The number of hydrogen-bond acceptors (Lipinski definition) is 9. The second kappa shape index (κ2) is 17.8. The van der Waals surface area contributed by atoms with Crippen LogP contribution >= 0.6 is 0 Å². The van der Waals surface area contributed by atoms with Gasteiger partial charge in [0.1, 0.15) is 5.75 Å². The summed E-state index contributed by atoms with van der Waals surface area (Å²) in [6.07, 6.45) is 6.88. The average Bonchev–Trinajstić information content (AvgIpc) is 2.94. The van der Waals surface area contributed by atoms with E-state index in [1.165, 1.54) is 32.1 Å². The lowest BCUT2D eigenvalue weighted by atomic mass is 9.79. The van der Waals surface area contributed by atoms with Crippen molar-refractivity contribution in [2.24, 2.45) is 0 Å². The third kappa shape index (κ3) is 12.9. The summed E-state index contributed by atoms with van der Waals surface area (Å²) < 4.78 is 10.7. The lowest BCUT2D eigenvalue weighted by Crippen LogP contribution is -2.60. The molecule has 1 unspecified atom stereocenters. The highest BCUT2D eigenvalue weighted by Crippen LogP contribution is 2.34. The number of aliphatic carboxylic acids is 4. The Morgan fingerprint density at radius 1 is 0.900 bits per heavy atom. The Hall–Kier alpha value is -3.75. The summed E-state index contributed by atoms with van der Waals surface area (Å²) in [6.45, 7) is 6.76. The van der Waals surface area contributed by atoms with E-state index in [-0.39, 0.29) is 17.5 Å². The number of rotatable bonds is 8. The molecule has 1 atom stereocenters. The first-order valence-electron chi connectivity index (χ1n) is 12.8. The zero-order valence-corrected chi connectivity index (χ0v) is 22.8. The van der Waals surface area contributed by atoms with Gasteiger partial charge in [0.2, 0.25) is 5.91 Å². The van der Waals surface area contributed by atoms with Gasteiger partial charge in [0, 0.05) is 43.3 Å². The quantitative estimate of drug-likeness (QED) is 0.244. The van der Waals surface area contributed by atoms with E-state index in [1.807, 2.05) is 24.3 Å². The van der Waals surface area contributed by atoms with Crippen LogP contribution in [0.1, 0.15) is 45.4 Å². The number of carboxylic acid groups (broad SMARTS) is 4. The monoisotopic (exact) mass is 569 g/mol. The molecule has 1 aromatic carbocycles. The highest BCUT2D eigenvalue weighted by atomic mass is 16.5. The highest BCUT2D eigenvalue weighted by molar-refractivity contribution is 6.27. The zero-order chi connectivity index (χ0) is 30.1. The van der Waals surface area contributed by atoms with Crippen molar-refractivity contribution in [3.63, 3.8) is 0 Å². The van der Waals surface area contributed by atoms with Crippen molar-refractivity contribution in [3.8, 4) is 5.75 Å². The number of anilines is 1. The molecular formula is C26H39N3O11. The van der Waals surface area contributed by atoms with Crippen LogP contribution in [0.5, 0.6) is 5.75 Å². The van der Waals surface area contributed by atoms with Crippen LogP contribution in [0.4, 0.5) is 5.69 Å². The Labute approximate surface area is 232 Å². The molecule has 6 N–H and O–H groups in total. The predicted octanol–water partition coefficient (Wildman–Crippen LogP) is 1.35. The van der Waals surface area contributed by atoms with Crippen LogP contribution in [-0.4, -0.2) is 107 Å². The Morgan fingerprint density at radius 2 is 1.40 bits per heavy atom. The summed E-state index contributed by atoms with van der Waals surface area (Å²) in [7, 11) is 1.64. The smallest absolute Gasteiger partial charge is 0.414 e. The Morgan fingerprint density at radius 3 is 1.85 bits per heavy atom. The molecule has 14 nitrogen and oxygen atoms in total. The largest absolute Gasteiger partial charge is 0.497 e. The van der Waals surface area contributed by atoms with E-state index in [0.717, 1.165) is 44.3 Å². The summed E-state index contributed by atoms with van der Waals surface area (Å²) in [5.74, 6) is -6.47. The van der Waals surface area contributed by atoms with Gasteiger partial charge >= 0.3 is 23.9 Å². The standard InChI is InChI=1S/C22H35N3O3.2C2H2O4/c1-18(16-21(26)24-19-6-8-20(27-2)9-7-19)23-17-22(10-4-3-5-11-22)25-12-14-28-15-13-25;2*3-1(4)2(5)6/h6-9,18,23H,3-5,10-17H2,1-2H3,(H,24,26);2*(H,3,4)(H,5,6). The number of nitrogens with one attached hydrogen (secondary N) is 2. The molecule has 0 radical (unpaired) electrons. The molecule has 40 heavy (non-hydrogen) atoms. The molecular weight excluding hydrogens is 530 g/mol. The van der Waals surface area contributed by atoms with Gasteiger partial charge in [-0.15, -0.1) is 0 Å². The SMILES string of the molecule is COc1ccc(NC(=O)CC(C)NCC2(N3CCOCC3)CCCCC2)cc1.O=C(O)C(=O)O.O=C(O)C(=O)O. The maximum absolute atomic E-state index is 12.4. The molecule has 224 valence electrons. The van der Waals surface area contributed by atoms with Crippen molar-refractivity contribution in [3.05, 3.63) is 24.3 Å². The molecule has 2 fully saturated rings. The predicted molar refractivity (Wildman–Crippen MR) is 142 cm³/mol. The number of amides is 1. The fourth-order valence-corrected chi connectivity index (χ4v) is 4.45. The van der Waals surface area contributed by atoms with E-state index in [1.54, 1.807) is 7.11 Å². The molecule has 0 spiro atoms. The van der Waals surface area contributed by atoms with Gasteiger partial charge < -0.3 is 40.5 Å². The second-order valence-electron chi connectivity index (χ2n) is 9.37.